The number of amides is 3. The van der Waals surface area contributed by atoms with Crippen LogP contribution in [0.15, 0.2) is 24.3 Å². The molecule has 0 fully saturated rings. The van der Waals surface area contributed by atoms with Crippen LogP contribution in [-0.4, -0.2) is 48.8 Å². The van der Waals surface area contributed by atoms with Crippen LogP contribution in [0, 0.1) is 0 Å². The third kappa shape index (κ3) is 4.46. The van der Waals surface area contributed by atoms with E-state index in [2.05, 4.69) is 5.32 Å². The summed E-state index contributed by atoms with van der Waals surface area (Å²) in [6.45, 7) is 2.19. The average Bonchev–Trinajstić information content (AvgIpc) is 2.56. The van der Waals surface area contributed by atoms with E-state index in [-0.39, 0.29) is 55.6 Å². The minimum atomic E-state index is -0.241. The van der Waals surface area contributed by atoms with E-state index in [9.17, 15) is 14.4 Å². The summed E-state index contributed by atoms with van der Waals surface area (Å²) in [7, 11) is 1.67. The van der Waals surface area contributed by atoms with Gasteiger partial charge >= 0.3 is 0 Å². The number of halogens is 1. The molecule has 0 radical (unpaired) electrons. The topological polar surface area (TPSA) is 95.7 Å². The summed E-state index contributed by atoms with van der Waals surface area (Å²) in [4.78, 5) is 39.2. The van der Waals surface area contributed by atoms with Crippen LogP contribution in [0.25, 0.3) is 0 Å². The molecule has 1 aliphatic heterocycles. The highest BCUT2D eigenvalue weighted by Crippen LogP contribution is 2.29. The summed E-state index contributed by atoms with van der Waals surface area (Å²) in [6.07, 6.45) is 0.155. The van der Waals surface area contributed by atoms with E-state index in [1.54, 1.807) is 36.2 Å². The number of anilines is 2. The smallest absolute Gasteiger partial charge is 0.244 e. The molecule has 1 aromatic rings. The van der Waals surface area contributed by atoms with Gasteiger partial charge in [0.2, 0.25) is 17.7 Å². The monoisotopic (exact) mass is 354 g/mol. The number of nitrogens with zero attached hydrogens (tertiary/aromatic N) is 2. The fourth-order valence-electron chi connectivity index (χ4n) is 2.38. The van der Waals surface area contributed by atoms with Gasteiger partial charge in [-0.3, -0.25) is 14.4 Å². The molecular formula is C16H23ClN4O3. The lowest BCUT2D eigenvalue weighted by atomic mass is 10.1. The maximum atomic E-state index is 12.4. The van der Waals surface area contributed by atoms with Crippen molar-refractivity contribution in [1.29, 1.82) is 0 Å². The van der Waals surface area contributed by atoms with Gasteiger partial charge < -0.3 is 20.9 Å². The van der Waals surface area contributed by atoms with Gasteiger partial charge in [0.15, 0.2) is 0 Å². The highest BCUT2D eigenvalue weighted by molar-refractivity contribution is 6.10. The van der Waals surface area contributed by atoms with Gasteiger partial charge in [0, 0.05) is 32.5 Å². The summed E-state index contributed by atoms with van der Waals surface area (Å²) in [5.41, 5.74) is 6.81. The van der Waals surface area contributed by atoms with Gasteiger partial charge in [-0.15, -0.1) is 12.4 Å². The van der Waals surface area contributed by atoms with Crippen molar-refractivity contribution < 1.29 is 14.4 Å². The Bertz CT molecular complexity index is 623. The Labute approximate surface area is 147 Å². The number of rotatable bonds is 5. The highest BCUT2D eigenvalue weighted by atomic mass is 35.5. The molecule has 132 valence electrons. The number of hydrogen-bond donors (Lipinski definition) is 2. The third-order valence-electron chi connectivity index (χ3n) is 4.02. The first-order chi connectivity index (χ1) is 10.9. The molecule has 3 N–H and O–H groups in total. The standard InChI is InChI=1S/C16H22N4O3.ClH/c1-11(9-17)19(2)15(22)7-8-16(23)20-10-14(21)18-12-5-3-4-6-13(12)20;/h3-6,11H,7-10,17H2,1-2H3,(H,18,21);1H. The zero-order valence-corrected chi connectivity index (χ0v) is 14.6. The molecule has 24 heavy (non-hydrogen) atoms. The first-order valence-electron chi connectivity index (χ1n) is 7.59. The van der Waals surface area contributed by atoms with Crippen molar-refractivity contribution in [1.82, 2.24) is 4.90 Å². The summed E-state index contributed by atoms with van der Waals surface area (Å²) in [6, 6.07) is 7.04. The Morgan fingerprint density at radius 3 is 2.67 bits per heavy atom. The summed E-state index contributed by atoms with van der Waals surface area (Å²) >= 11 is 0. The van der Waals surface area contributed by atoms with Gasteiger partial charge in [0.05, 0.1) is 11.4 Å². The van der Waals surface area contributed by atoms with E-state index in [0.717, 1.165) is 0 Å². The first kappa shape index (κ1) is 19.9. The normalized spacial score (nSPS) is 14.1. The van der Waals surface area contributed by atoms with Gasteiger partial charge in [-0.1, -0.05) is 12.1 Å². The number of para-hydroxylation sites is 2. The molecule has 1 aromatic carbocycles. The van der Waals surface area contributed by atoms with E-state index >= 15 is 0 Å². The van der Waals surface area contributed by atoms with Crippen LogP contribution in [0.4, 0.5) is 11.4 Å². The van der Waals surface area contributed by atoms with Crippen LogP contribution in [0.5, 0.6) is 0 Å². The molecule has 0 spiro atoms. The second kappa shape index (κ2) is 8.65. The average molecular weight is 355 g/mol. The quantitative estimate of drug-likeness (QED) is 0.823. The number of nitrogens with two attached hydrogens (primary N) is 1. The van der Waals surface area contributed by atoms with Gasteiger partial charge in [-0.25, -0.2) is 0 Å². The molecule has 0 aliphatic carbocycles. The van der Waals surface area contributed by atoms with E-state index in [1.165, 1.54) is 4.90 Å². The van der Waals surface area contributed by atoms with Crippen LogP contribution in [-0.2, 0) is 14.4 Å². The Hall–Kier alpha value is -2.12. The second-order valence-corrected chi connectivity index (χ2v) is 5.63. The van der Waals surface area contributed by atoms with Crippen molar-refractivity contribution in [3.8, 4) is 0 Å². The molecule has 0 aromatic heterocycles. The fourth-order valence-corrected chi connectivity index (χ4v) is 2.38. The number of fused-ring (bicyclic) bond motifs is 1. The van der Waals surface area contributed by atoms with Crippen LogP contribution in [0.3, 0.4) is 0 Å². The Balaban J connectivity index is 0.00000288. The number of likely N-dealkylation sites (N-methyl/N-ethyl adjacent to an activating group) is 1. The summed E-state index contributed by atoms with van der Waals surface area (Å²) in [5.74, 6) is -0.613. The van der Waals surface area contributed by atoms with Crippen LogP contribution < -0.4 is 16.0 Å². The largest absolute Gasteiger partial charge is 0.342 e. The summed E-state index contributed by atoms with van der Waals surface area (Å²) in [5, 5.41) is 2.73. The third-order valence-corrected chi connectivity index (χ3v) is 4.02. The Kier molecular flexibility index (Phi) is 7.18. The maximum Gasteiger partial charge on any atom is 0.244 e. The van der Waals surface area contributed by atoms with Crippen molar-refractivity contribution in [2.24, 2.45) is 5.73 Å². The molecule has 0 bridgehead atoms. The lowest BCUT2D eigenvalue weighted by Gasteiger charge is -2.29. The second-order valence-electron chi connectivity index (χ2n) is 5.63. The zero-order chi connectivity index (χ0) is 17.0. The molecule has 1 heterocycles. The van der Waals surface area contributed by atoms with Crippen molar-refractivity contribution in [3.63, 3.8) is 0 Å². The number of carbonyl (C=O) groups excluding carboxylic acids is 3. The molecular weight excluding hydrogens is 332 g/mol. The SMILES string of the molecule is CC(CN)N(C)C(=O)CCC(=O)N1CC(=O)Nc2ccccc21.Cl. The predicted molar refractivity (Wildman–Crippen MR) is 95.2 cm³/mol. The lowest BCUT2D eigenvalue weighted by molar-refractivity contribution is -0.133. The minimum Gasteiger partial charge on any atom is -0.342 e. The Morgan fingerprint density at radius 1 is 1.33 bits per heavy atom. The molecule has 2 rings (SSSR count). The van der Waals surface area contributed by atoms with E-state index in [4.69, 9.17) is 5.73 Å². The molecule has 7 nitrogen and oxygen atoms in total. The zero-order valence-electron chi connectivity index (χ0n) is 13.8. The van der Waals surface area contributed by atoms with Gasteiger partial charge in [-0.2, -0.15) is 0 Å². The predicted octanol–water partition coefficient (Wildman–Crippen LogP) is 0.979. The van der Waals surface area contributed by atoms with Gasteiger partial charge in [0.25, 0.3) is 0 Å². The molecule has 1 aliphatic rings. The molecule has 1 unspecified atom stereocenters. The number of benzene rings is 1. The van der Waals surface area contributed by atoms with Crippen LogP contribution in [0.1, 0.15) is 19.8 Å². The van der Waals surface area contributed by atoms with E-state index < -0.39 is 0 Å². The van der Waals surface area contributed by atoms with Gasteiger partial charge in [-0.05, 0) is 19.1 Å². The van der Waals surface area contributed by atoms with Crippen molar-refractivity contribution in [3.05, 3.63) is 24.3 Å². The number of carbonyl (C=O) groups is 3. The minimum absolute atomic E-state index is 0. The van der Waals surface area contributed by atoms with E-state index in [0.29, 0.717) is 17.9 Å². The first-order valence-corrected chi connectivity index (χ1v) is 7.59. The van der Waals surface area contributed by atoms with Crippen molar-refractivity contribution in [2.75, 3.05) is 30.4 Å². The Morgan fingerprint density at radius 2 is 2.00 bits per heavy atom. The molecule has 1 atom stereocenters. The fraction of sp³-hybridized carbons (Fsp3) is 0.438. The van der Waals surface area contributed by atoms with Crippen LogP contribution >= 0.6 is 12.4 Å². The van der Waals surface area contributed by atoms with Crippen molar-refractivity contribution >= 4 is 41.5 Å². The summed E-state index contributed by atoms with van der Waals surface area (Å²) < 4.78 is 0. The van der Waals surface area contributed by atoms with Gasteiger partial charge in [0.1, 0.15) is 6.54 Å². The number of hydrogen-bond acceptors (Lipinski definition) is 4. The highest BCUT2D eigenvalue weighted by Gasteiger charge is 2.27. The number of nitrogens with one attached hydrogen (secondary N) is 1. The maximum absolute atomic E-state index is 12.4. The molecule has 3 amide bonds. The van der Waals surface area contributed by atoms with Crippen LogP contribution in [0.2, 0.25) is 0 Å². The van der Waals surface area contributed by atoms with E-state index in [1.807, 2.05) is 6.92 Å². The van der Waals surface area contributed by atoms with Crippen molar-refractivity contribution in [2.45, 2.75) is 25.8 Å². The molecule has 8 heteroatoms. The molecule has 0 saturated heterocycles. The lowest BCUT2D eigenvalue weighted by Crippen LogP contribution is -2.43. The molecule has 0 saturated carbocycles.